The molecule has 0 radical (unpaired) electrons. The number of carbonyl (C=O) groups excluding carboxylic acids is 1. The molecule has 3 atom stereocenters. The molecule has 9 nitrogen and oxygen atoms in total. The molecule has 0 bridgehead atoms. The van der Waals surface area contributed by atoms with E-state index in [1.54, 1.807) is 12.4 Å². The Morgan fingerprint density at radius 1 is 1.32 bits per heavy atom. The zero-order valence-electron chi connectivity index (χ0n) is 20.0. The number of benzene rings is 1. The average molecular weight is 544 g/mol. The summed E-state index contributed by atoms with van der Waals surface area (Å²) >= 11 is 6.33. The number of anilines is 1. The van der Waals surface area contributed by atoms with Gasteiger partial charge in [-0.2, -0.15) is 13.2 Å². The predicted octanol–water partition coefficient (Wildman–Crippen LogP) is 3.52. The highest BCUT2D eigenvalue weighted by atomic mass is 35.5. The first-order valence-electron chi connectivity index (χ1n) is 11.6. The summed E-state index contributed by atoms with van der Waals surface area (Å²) < 4.78 is 54.6. The van der Waals surface area contributed by atoms with Crippen LogP contribution in [0.3, 0.4) is 0 Å². The van der Waals surface area contributed by atoms with E-state index in [1.165, 1.54) is 12.3 Å². The quantitative estimate of drug-likeness (QED) is 0.407. The van der Waals surface area contributed by atoms with Gasteiger partial charge in [-0.3, -0.25) is 4.79 Å². The van der Waals surface area contributed by atoms with Gasteiger partial charge in [0.15, 0.2) is 5.82 Å². The minimum atomic E-state index is -4.68. The van der Waals surface area contributed by atoms with Crippen LogP contribution in [0.1, 0.15) is 32.7 Å². The SMILES string of the molecule is CC(C)n1cnc2c(F)cc(-c3nc(N[C@@H]4CCN(C(=O)C[C@H](N)C(F)(F)F)C[C@H]4O)ncc3Cl)cc21. The van der Waals surface area contributed by atoms with Crippen LogP contribution in [0.2, 0.25) is 5.02 Å². The number of nitrogens with zero attached hydrogens (tertiary/aromatic N) is 5. The summed E-state index contributed by atoms with van der Waals surface area (Å²) in [5.41, 5.74) is 6.52. The lowest BCUT2D eigenvalue weighted by atomic mass is 10.0. The first kappa shape index (κ1) is 27.0. The first-order chi connectivity index (χ1) is 17.3. The van der Waals surface area contributed by atoms with Gasteiger partial charge in [0.2, 0.25) is 11.9 Å². The number of halogens is 5. The van der Waals surface area contributed by atoms with Gasteiger partial charge in [-0.05, 0) is 32.4 Å². The molecule has 37 heavy (non-hydrogen) atoms. The fraction of sp³-hybridized carbons (Fsp3) is 0.478. The average Bonchev–Trinajstić information content (AvgIpc) is 3.26. The van der Waals surface area contributed by atoms with Gasteiger partial charge >= 0.3 is 6.18 Å². The summed E-state index contributed by atoms with van der Waals surface area (Å²) in [4.78, 5) is 26.0. The van der Waals surface area contributed by atoms with Crippen molar-refractivity contribution in [3.8, 4) is 11.3 Å². The van der Waals surface area contributed by atoms with E-state index in [9.17, 15) is 27.5 Å². The third kappa shape index (κ3) is 5.78. The van der Waals surface area contributed by atoms with Crippen LogP contribution < -0.4 is 11.1 Å². The lowest BCUT2D eigenvalue weighted by Crippen LogP contribution is -2.53. The van der Waals surface area contributed by atoms with Crippen LogP contribution in [0.5, 0.6) is 0 Å². The van der Waals surface area contributed by atoms with Crippen molar-refractivity contribution in [3.05, 3.63) is 35.5 Å². The van der Waals surface area contributed by atoms with E-state index < -0.39 is 42.5 Å². The molecule has 200 valence electrons. The summed E-state index contributed by atoms with van der Waals surface area (Å²) in [6, 6.07) is 0.200. The Morgan fingerprint density at radius 2 is 2.05 bits per heavy atom. The van der Waals surface area contributed by atoms with Crippen LogP contribution in [0.25, 0.3) is 22.3 Å². The van der Waals surface area contributed by atoms with Crippen LogP contribution in [-0.2, 0) is 4.79 Å². The van der Waals surface area contributed by atoms with E-state index in [0.29, 0.717) is 11.1 Å². The molecule has 1 aliphatic heterocycles. The molecule has 1 fully saturated rings. The van der Waals surface area contributed by atoms with Gasteiger partial charge in [-0.1, -0.05) is 11.6 Å². The Kier molecular flexibility index (Phi) is 7.58. The van der Waals surface area contributed by atoms with Crippen molar-refractivity contribution in [2.75, 3.05) is 18.4 Å². The lowest BCUT2D eigenvalue weighted by Gasteiger charge is -2.36. The summed E-state index contributed by atoms with van der Waals surface area (Å²) in [7, 11) is 0. The van der Waals surface area contributed by atoms with E-state index in [-0.39, 0.29) is 47.7 Å². The normalized spacial score (nSPS) is 19.5. The number of aromatic nitrogens is 4. The maximum atomic E-state index is 14.8. The number of nitrogens with two attached hydrogens (primary N) is 1. The molecule has 0 aliphatic carbocycles. The Balaban J connectivity index is 1.50. The van der Waals surface area contributed by atoms with E-state index in [4.69, 9.17) is 17.3 Å². The predicted molar refractivity (Wildman–Crippen MR) is 129 cm³/mol. The number of amides is 1. The van der Waals surface area contributed by atoms with Crippen LogP contribution >= 0.6 is 11.6 Å². The Morgan fingerprint density at radius 3 is 2.70 bits per heavy atom. The van der Waals surface area contributed by atoms with E-state index in [0.717, 1.165) is 4.90 Å². The Labute approximate surface area is 214 Å². The summed E-state index contributed by atoms with van der Waals surface area (Å²) in [5, 5.41) is 13.7. The molecule has 0 spiro atoms. The van der Waals surface area contributed by atoms with Gasteiger partial charge in [-0.25, -0.2) is 19.3 Å². The fourth-order valence-corrected chi connectivity index (χ4v) is 4.40. The summed E-state index contributed by atoms with van der Waals surface area (Å²) in [5.74, 6) is -1.21. The van der Waals surface area contributed by atoms with Gasteiger partial charge in [0.05, 0.1) is 47.3 Å². The monoisotopic (exact) mass is 543 g/mol. The van der Waals surface area contributed by atoms with Gasteiger partial charge in [-0.15, -0.1) is 0 Å². The van der Waals surface area contributed by atoms with Crippen molar-refractivity contribution in [1.29, 1.82) is 0 Å². The number of likely N-dealkylation sites (tertiary alicyclic amines) is 1. The molecule has 14 heteroatoms. The third-order valence-electron chi connectivity index (χ3n) is 6.27. The van der Waals surface area contributed by atoms with Crippen molar-refractivity contribution < 1.29 is 27.5 Å². The van der Waals surface area contributed by atoms with Crippen LogP contribution in [-0.4, -0.2) is 72.9 Å². The fourth-order valence-electron chi connectivity index (χ4n) is 4.20. The van der Waals surface area contributed by atoms with Crippen molar-refractivity contribution >= 4 is 34.5 Å². The number of nitrogens with one attached hydrogen (secondary N) is 1. The second-order valence-electron chi connectivity index (χ2n) is 9.26. The van der Waals surface area contributed by atoms with Gasteiger partial charge in [0.25, 0.3) is 0 Å². The summed E-state index contributed by atoms with van der Waals surface area (Å²) in [6.07, 6.45) is -3.54. The first-order valence-corrected chi connectivity index (χ1v) is 12.0. The van der Waals surface area contributed by atoms with Crippen molar-refractivity contribution in [3.63, 3.8) is 0 Å². The minimum Gasteiger partial charge on any atom is -0.389 e. The molecule has 4 rings (SSSR count). The molecular formula is C23H26ClF4N7O2. The minimum absolute atomic E-state index is 0.0428. The Bertz CT molecular complexity index is 1300. The van der Waals surface area contributed by atoms with Gasteiger partial charge < -0.3 is 25.6 Å². The third-order valence-corrected chi connectivity index (χ3v) is 6.55. The number of aliphatic hydroxyl groups excluding tert-OH is 1. The second kappa shape index (κ2) is 10.4. The van der Waals surface area contributed by atoms with E-state index in [2.05, 4.69) is 20.3 Å². The van der Waals surface area contributed by atoms with Crippen molar-refractivity contribution in [2.45, 2.75) is 57.1 Å². The topological polar surface area (TPSA) is 122 Å². The number of rotatable bonds is 6. The molecule has 0 saturated carbocycles. The zero-order valence-corrected chi connectivity index (χ0v) is 20.8. The van der Waals surface area contributed by atoms with Gasteiger partial charge in [0.1, 0.15) is 11.6 Å². The largest absolute Gasteiger partial charge is 0.404 e. The number of imidazole rings is 1. The van der Waals surface area contributed by atoms with Crippen molar-refractivity contribution in [1.82, 2.24) is 24.4 Å². The number of fused-ring (bicyclic) bond motifs is 1. The number of carbonyl (C=O) groups is 1. The number of hydrogen-bond acceptors (Lipinski definition) is 7. The second-order valence-corrected chi connectivity index (χ2v) is 9.67. The van der Waals surface area contributed by atoms with E-state index in [1.807, 2.05) is 18.4 Å². The molecule has 1 amide bonds. The number of β-amino-alcohol motifs (C(OH)–C–C–N with tert-alkyl or cyclic N) is 1. The Hall–Kier alpha value is -3.03. The van der Waals surface area contributed by atoms with Crippen LogP contribution in [0, 0.1) is 5.82 Å². The van der Waals surface area contributed by atoms with Gasteiger partial charge in [0, 0.05) is 24.7 Å². The van der Waals surface area contributed by atoms with Crippen LogP contribution in [0.15, 0.2) is 24.7 Å². The molecule has 3 aromatic rings. The standard InChI is InChI=1S/C23H26ClF4N7O2/c1-11(2)35-10-31-21-14(25)5-12(6-16(21)35)20-13(24)8-30-22(33-20)32-15-3-4-34(9-17(15)36)19(37)7-18(29)23(26,27)28/h5-6,8,10-11,15,17-18,36H,3-4,7,9,29H2,1-2H3,(H,30,32,33)/t15-,17-,18+/m1/s1. The highest BCUT2D eigenvalue weighted by Crippen LogP contribution is 2.32. The number of aliphatic hydroxyl groups is 1. The number of piperidine rings is 1. The molecule has 4 N–H and O–H groups in total. The van der Waals surface area contributed by atoms with E-state index >= 15 is 0 Å². The molecule has 1 aromatic carbocycles. The highest BCUT2D eigenvalue weighted by Gasteiger charge is 2.40. The highest BCUT2D eigenvalue weighted by molar-refractivity contribution is 6.33. The molecule has 3 heterocycles. The van der Waals surface area contributed by atoms with Crippen LogP contribution in [0.4, 0.5) is 23.5 Å². The lowest BCUT2D eigenvalue weighted by molar-refractivity contribution is -0.159. The summed E-state index contributed by atoms with van der Waals surface area (Å²) in [6.45, 7) is 3.82. The molecule has 1 saturated heterocycles. The maximum absolute atomic E-state index is 14.8. The maximum Gasteiger partial charge on any atom is 0.404 e. The number of alkyl halides is 3. The smallest absolute Gasteiger partial charge is 0.389 e. The molecule has 2 aromatic heterocycles. The molecular weight excluding hydrogens is 518 g/mol. The number of hydrogen-bond donors (Lipinski definition) is 3. The van der Waals surface area contributed by atoms with Crippen molar-refractivity contribution in [2.24, 2.45) is 5.73 Å². The zero-order chi connectivity index (χ0) is 27.1. The molecule has 0 unspecified atom stereocenters. The molecule has 1 aliphatic rings.